The van der Waals surface area contributed by atoms with Crippen LogP contribution in [-0.4, -0.2) is 60.8 Å². The molecule has 2 aromatic rings. The number of piperazine rings is 1. The molecule has 0 radical (unpaired) electrons. The highest BCUT2D eigenvalue weighted by atomic mass is 19.1. The molecule has 2 atom stereocenters. The summed E-state index contributed by atoms with van der Waals surface area (Å²) in [5.74, 6) is 0.509. The Labute approximate surface area is 180 Å². The van der Waals surface area contributed by atoms with E-state index in [2.05, 4.69) is 16.0 Å². The summed E-state index contributed by atoms with van der Waals surface area (Å²) < 4.78 is 24.7. The molecule has 7 nitrogen and oxygen atoms in total. The Bertz CT molecular complexity index is 987. The second kappa shape index (κ2) is 7.91. The van der Waals surface area contributed by atoms with Gasteiger partial charge >= 0.3 is 0 Å². The van der Waals surface area contributed by atoms with Gasteiger partial charge in [0.2, 0.25) is 5.91 Å². The summed E-state index contributed by atoms with van der Waals surface area (Å²) in [5.41, 5.74) is 0.679. The molecule has 0 spiro atoms. The predicted molar refractivity (Wildman–Crippen MR) is 110 cm³/mol. The SMILES string of the molecule is N#Cc1ccc(N2C3CCC2CN(C(=O)COC2(c4ccc(F)cc4)COC2)C3)nc1. The van der Waals surface area contributed by atoms with Gasteiger partial charge in [-0.2, -0.15) is 5.26 Å². The van der Waals surface area contributed by atoms with Crippen LogP contribution in [0.25, 0.3) is 0 Å². The molecule has 1 aromatic carbocycles. The fourth-order valence-corrected chi connectivity index (χ4v) is 4.75. The first-order valence-corrected chi connectivity index (χ1v) is 10.5. The first kappa shape index (κ1) is 19.9. The summed E-state index contributed by atoms with van der Waals surface area (Å²) in [5, 5.41) is 8.98. The highest BCUT2D eigenvalue weighted by Crippen LogP contribution is 2.36. The number of carbonyl (C=O) groups is 1. The summed E-state index contributed by atoms with van der Waals surface area (Å²) in [4.78, 5) is 21.6. The molecule has 0 N–H and O–H groups in total. The lowest BCUT2D eigenvalue weighted by Crippen LogP contribution is -2.57. The van der Waals surface area contributed by atoms with Crippen LogP contribution in [0.4, 0.5) is 10.2 Å². The molecular weight excluding hydrogens is 399 g/mol. The number of hydrogen-bond acceptors (Lipinski definition) is 6. The summed E-state index contributed by atoms with van der Waals surface area (Å²) in [6.45, 7) is 1.93. The van der Waals surface area contributed by atoms with Crippen molar-refractivity contribution in [1.29, 1.82) is 5.26 Å². The molecule has 31 heavy (non-hydrogen) atoms. The molecule has 3 fully saturated rings. The van der Waals surface area contributed by atoms with Crippen molar-refractivity contribution in [3.8, 4) is 6.07 Å². The van der Waals surface area contributed by atoms with Gasteiger partial charge in [0, 0.05) is 31.4 Å². The topological polar surface area (TPSA) is 78.7 Å². The van der Waals surface area contributed by atoms with E-state index in [9.17, 15) is 9.18 Å². The monoisotopic (exact) mass is 422 g/mol. The van der Waals surface area contributed by atoms with E-state index >= 15 is 0 Å². The number of amides is 1. The number of likely N-dealkylation sites (tertiary alicyclic amines) is 1. The van der Waals surface area contributed by atoms with Gasteiger partial charge in [-0.15, -0.1) is 0 Å². The molecule has 3 aliphatic heterocycles. The number of ether oxygens (including phenoxy) is 2. The Morgan fingerprint density at radius 3 is 2.45 bits per heavy atom. The first-order chi connectivity index (χ1) is 15.1. The maximum atomic E-state index is 13.3. The maximum Gasteiger partial charge on any atom is 0.248 e. The van der Waals surface area contributed by atoms with Gasteiger partial charge in [-0.3, -0.25) is 4.79 Å². The molecule has 5 rings (SSSR count). The number of carbonyl (C=O) groups excluding carboxylic acids is 1. The van der Waals surface area contributed by atoms with Crippen molar-refractivity contribution >= 4 is 11.7 Å². The normalized spacial score (nSPS) is 23.9. The van der Waals surface area contributed by atoms with Crippen molar-refractivity contribution in [2.45, 2.75) is 30.5 Å². The molecule has 1 aromatic heterocycles. The highest BCUT2D eigenvalue weighted by molar-refractivity contribution is 5.78. The molecule has 4 heterocycles. The lowest BCUT2D eigenvalue weighted by atomic mass is 9.92. The first-order valence-electron chi connectivity index (χ1n) is 10.5. The molecule has 2 bridgehead atoms. The number of aromatic nitrogens is 1. The summed E-state index contributed by atoms with van der Waals surface area (Å²) >= 11 is 0. The van der Waals surface area contributed by atoms with E-state index in [0.29, 0.717) is 31.9 Å². The molecule has 160 valence electrons. The molecular formula is C23H23FN4O3. The van der Waals surface area contributed by atoms with Gasteiger partial charge < -0.3 is 19.3 Å². The largest absolute Gasteiger partial charge is 0.375 e. The van der Waals surface area contributed by atoms with E-state index in [4.69, 9.17) is 14.7 Å². The molecule has 3 aliphatic rings. The molecule has 8 heteroatoms. The van der Waals surface area contributed by atoms with E-state index in [1.165, 1.54) is 12.1 Å². The number of nitriles is 1. The van der Waals surface area contributed by atoms with E-state index in [1.807, 2.05) is 11.0 Å². The molecule has 0 saturated carbocycles. The van der Waals surface area contributed by atoms with Crippen LogP contribution >= 0.6 is 0 Å². The summed E-state index contributed by atoms with van der Waals surface area (Å²) in [7, 11) is 0. The van der Waals surface area contributed by atoms with Crippen LogP contribution in [0.2, 0.25) is 0 Å². The Balaban J connectivity index is 1.22. The minimum atomic E-state index is -0.684. The van der Waals surface area contributed by atoms with Gasteiger partial charge in [0.05, 0.1) is 18.8 Å². The Hall–Kier alpha value is -3.02. The minimum absolute atomic E-state index is 0.0324. The van der Waals surface area contributed by atoms with Gasteiger partial charge in [-0.25, -0.2) is 9.37 Å². The molecule has 3 saturated heterocycles. The van der Waals surface area contributed by atoms with Crippen molar-refractivity contribution in [3.05, 3.63) is 59.5 Å². The zero-order chi connectivity index (χ0) is 21.4. The number of benzene rings is 1. The third kappa shape index (κ3) is 3.64. The van der Waals surface area contributed by atoms with E-state index in [-0.39, 0.29) is 30.4 Å². The molecule has 1 amide bonds. The van der Waals surface area contributed by atoms with Gasteiger partial charge in [-0.1, -0.05) is 12.1 Å². The van der Waals surface area contributed by atoms with Gasteiger partial charge in [0.25, 0.3) is 0 Å². The number of rotatable bonds is 5. The highest BCUT2D eigenvalue weighted by Gasteiger charge is 2.44. The van der Waals surface area contributed by atoms with Crippen LogP contribution in [0.5, 0.6) is 0 Å². The zero-order valence-corrected chi connectivity index (χ0v) is 17.0. The van der Waals surface area contributed by atoms with Crippen molar-refractivity contribution in [2.75, 3.05) is 37.8 Å². The fourth-order valence-electron chi connectivity index (χ4n) is 4.75. The lowest BCUT2D eigenvalue weighted by Gasteiger charge is -2.44. The number of halogens is 1. The van der Waals surface area contributed by atoms with Gasteiger partial charge in [0.1, 0.15) is 29.9 Å². The smallest absolute Gasteiger partial charge is 0.248 e. The number of pyridine rings is 1. The Morgan fingerprint density at radius 2 is 1.90 bits per heavy atom. The molecule has 2 unspecified atom stereocenters. The quantitative estimate of drug-likeness (QED) is 0.735. The number of anilines is 1. The second-order valence-electron chi connectivity index (χ2n) is 8.39. The van der Waals surface area contributed by atoms with E-state index < -0.39 is 5.60 Å². The van der Waals surface area contributed by atoms with E-state index in [0.717, 1.165) is 24.2 Å². The van der Waals surface area contributed by atoms with Crippen LogP contribution in [0.3, 0.4) is 0 Å². The standard InChI is InChI=1S/C23H23FN4O3/c24-18-4-2-17(3-5-18)23(14-30-15-23)31-13-22(29)27-11-19-6-7-20(12-27)28(19)21-8-1-16(9-25)10-26-21/h1-5,8,10,19-20H,6-7,11-15H2. The maximum absolute atomic E-state index is 13.3. The summed E-state index contributed by atoms with van der Waals surface area (Å²) in [6, 6.07) is 12.3. The number of fused-ring (bicyclic) bond motifs is 2. The zero-order valence-electron chi connectivity index (χ0n) is 17.0. The van der Waals surface area contributed by atoms with Crippen LogP contribution < -0.4 is 4.90 Å². The van der Waals surface area contributed by atoms with Crippen molar-refractivity contribution in [3.63, 3.8) is 0 Å². The van der Waals surface area contributed by atoms with Gasteiger partial charge in [-0.05, 0) is 42.7 Å². The van der Waals surface area contributed by atoms with Crippen molar-refractivity contribution in [2.24, 2.45) is 0 Å². The Kier molecular flexibility index (Phi) is 5.08. The van der Waals surface area contributed by atoms with Crippen LogP contribution in [0.1, 0.15) is 24.0 Å². The van der Waals surface area contributed by atoms with Crippen LogP contribution in [-0.2, 0) is 19.9 Å². The number of hydrogen-bond donors (Lipinski definition) is 0. The van der Waals surface area contributed by atoms with Crippen molar-refractivity contribution in [1.82, 2.24) is 9.88 Å². The summed E-state index contributed by atoms with van der Waals surface area (Å²) in [6.07, 6.45) is 3.60. The van der Waals surface area contributed by atoms with Crippen LogP contribution in [0, 0.1) is 17.1 Å². The minimum Gasteiger partial charge on any atom is -0.375 e. The molecule has 0 aliphatic carbocycles. The van der Waals surface area contributed by atoms with Crippen molar-refractivity contribution < 1.29 is 18.7 Å². The fraction of sp³-hybridized carbons (Fsp3) is 0.435. The lowest BCUT2D eigenvalue weighted by molar-refractivity contribution is -0.218. The third-order valence-corrected chi connectivity index (χ3v) is 6.49. The van der Waals surface area contributed by atoms with E-state index in [1.54, 1.807) is 24.4 Å². The third-order valence-electron chi connectivity index (χ3n) is 6.49. The predicted octanol–water partition coefficient (Wildman–Crippen LogP) is 2.21. The average Bonchev–Trinajstić information content (AvgIpc) is 3.03. The van der Waals surface area contributed by atoms with Crippen LogP contribution in [0.15, 0.2) is 42.6 Å². The Morgan fingerprint density at radius 1 is 1.19 bits per heavy atom. The number of nitrogens with zero attached hydrogens (tertiary/aromatic N) is 4. The average molecular weight is 422 g/mol. The van der Waals surface area contributed by atoms with Gasteiger partial charge in [0.15, 0.2) is 0 Å². The second-order valence-corrected chi connectivity index (χ2v) is 8.39.